The second kappa shape index (κ2) is 24.1. The first kappa shape index (κ1) is 41.8. The molecule has 5 heteroatoms. The minimum Gasteiger partial charge on any atom is -0.496 e. The van der Waals surface area contributed by atoms with Crippen LogP contribution in [0, 0.1) is 23.7 Å². The molecule has 0 amide bonds. The van der Waals surface area contributed by atoms with Crippen LogP contribution in [0.25, 0.3) is 0 Å². The quantitative estimate of drug-likeness (QED) is 0.268. The summed E-state index contributed by atoms with van der Waals surface area (Å²) in [5.74, 6) is 2.83. The standard InChI is InChI=1S/C15H22O2.C10H14.C5H10O.C2H6.2B/c1-10(2)8-12-6-7-13(9-14(12)17-5)15(16)11(3)4;1-9(2)8-10-6-4-3-5-7-10;1-4(2)5(3)6;1-2;;/h6-7,9-11H,8H2,1-5H3;3-7,9H,8H2,1-2H3;4H,1-3H3;1-2H3;;. The molecule has 37 heavy (non-hydrogen) atoms. The van der Waals surface area contributed by atoms with Gasteiger partial charge in [-0.15, -0.1) is 0 Å². The number of hydrogen-bond acceptors (Lipinski definition) is 3. The van der Waals surface area contributed by atoms with E-state index in [0.29, 0.717) is 5.92 Å². The van der Waals surface area contributed by atoms with E-state index in [1.807, 2.05) is 59.7 Å². The van der Waals surface area contributed by atoms with Gasteiger partial charge in [-0.1, -0.05) is 112 Å². The maximum Gasteiger partial charge on any atom is 0.165 e. The lowest BCUT2D eigenvalue weighted by molar-refractivity contribution is -0.119. The second-order valence-electron chi connectivity index (χ2n) is 9.99. The molecule has 0 heterocycles. The third kappa shape index (κ3) is 20.5. The van der Waals surface area contributed by atoms with Crippen molar-refractivity contribution in [3.63, 3.8) is 0 Å². The van der Waals surface area contributed by atoms with Crippen molar-refractivity contribution in [1.82, 2.24) is 0 Å². The molecule has 0 bridgehead atoms. The smallest absolute Gasteiger partial charge is 0.165 e. The minimum absolute atomic E-state index is 0. The number of methoxy groups -OCH3 is 1. The molecule has 0 aliphatic carbocycles. The first-order valence-electron chi connectivity index (χ1n) is 13.1. The summed E-state index contributed by atoms with van der Waals surface area (Å²) in [4.78, 5) is 22.0. The zero-order valence-corrected chi connectivity index (χ0v) is 25.7. The van der Waals surface area contributed by atoms with Crippen molar-refractivity contribution in [2.75, 3.05) is 7.11 Å². The van der Waals surface area contributed by atoms with Gasteiger partial charge in [0.15, 0.2) is 5.78 Å². The Bertz CT molecular complexity index is 829. The molecule has 0 aliphatic rings. The topological polar surface area (TPSA) is 43.4 Å². The maximum absolute atomic E-state index is 11.9. The number of carbonyl (C=O) groups is 2. The molecule has 0 fully saturated rings. The molecule has 0 saturated heterocycles. The first-order valence-corrected chi connectivity index (χ1v) is 13.1. The fourth-order valence-corrected chi connectivity index (χ4v) is 2.93. The first-order chi connectivity index (χ1) is 16.4. The SMILES string of the molecule is CC.CC(=O)C(C)C.CC(C)Cc1ccccc1.COc1cc(C(=O)C(C)C)ccc1CC(C)C.[B].[B]. The van der Waals surface area contributed by atoms with E-state index < -0.39 is 0 Å². The average molecular weight is 506 g/mol. The number of rotatable bonds is 8. The highest BCUT2D eigenvalue weighted by atomic mass is 16.5. The van der Waals surface area contributed by atoms with E-state index in [1.165, 1.54) is 17.5 Å². The van der Waals surface area contributed by atoms with Crippen LogP contribution < -0.4 is 4.74 Å². The van der Waals surface area contributed by atoms with Gasteiger partial charge in [-0.3, -0.25) is 9.59 Å². The van der Waals surface area contributed by atoms with Gasteiger partial charge in [-0.2, -0.15) is 0 Å². The number of ether oxygens (including phenoxy) is 1. The summed E-state index contributed by atoms with van der Waals surface area (Å²) in [5, 5.41) is 0. The maximum atomic E-state index is 11.9. The predicted octanol–water partition coefficient (Wildman–Crippen LogP) is 8.11. The summed E-state index contributed by atoms with van der Waals surface area (Å²) in [6.07, 6.45) is 2.17. The normalized spacial score (nSPS) is 9.51. The van der Waals surface area contributed by atoms with E-state index in [0.717, 1.165) is 23.7 Å². The van der Waals surface area contributed by atoms with Crippen molar-refractivity contribution in [2.24, 2.45) is 23.7 Å². The summed E-state index contributed by atoms with van der Waals surface area (Å²) in [6.45, 7) is 22.0. The Labute approximate surface area is 233 Å². The summed E-state index contributed by atoms with van der Waals surface area (Å²) >= 11 is 0. The third-order valence-corrected chi connectivity index (χ3v) is 5.02. The molecule has 2 aromatic rings. The Morgan fingerprint density at radius 1 is 0.730 bits per heavy atom. The zero-order valence-electron chi connectivity index (χ0n) is 25.7. The van der Waals surface area contributed by atoms with E-state index in [1.54, 1.807) is 14.0 Å². The second-order valence-corrected chi connectivity index (χ2v) is 9.99. The third-order valence-electron chi connectivity index (χ3n) is 5.02. The van der Waals surface area contributed by atoms with Crippen molar-refractivity contribution in [2.45, 2.75) is 89.0 Å². The van der Waals surface area contributed by atoms with Gasteiger partial charge in [0, 0.05) is 34.2 Å². The van der Waals surface area contributed by atoms with Crippen molar-refractivity contribution in [3.8, 4) is 5.75 Å². The van der Waals surface area contributed by atoms with Crippen LogP contribution in [-0.4, -0.2) is 35.5 Å². The monoisotopic (exact) mass is 506 g/mol. The van der Waals surface area contributed by atoms with Crippen LogP contribution >= 0.6 is 0 Å². The van der Waals surface area contributed by atoms with Crippen LogP contribution in [0.15, 0.2) is 48.5 Å². The van der Waals surface area contributed by atoms with Crippen molar-refractivity contribution in [1.29, 1.82) is 0 Å². The van der Waals surface area contributed by atoms with E-state index >= 15 is 0 Å². The van der Waals surface area contributed by atoms with E-state index in [9.17, 15) is 9.59 Å². The predicted molar refractivity (Wildman–Crippen MR) is 164 cm³/mol. The molecule has 204 valence electrons. The number of Topliss-reactive ketones (excluding diaryl/α,β-unsaturated/α-hetero) is 2. The lowest BCUT2D eigenvalue weighted by atomic mass is 9.96. The van der Waals surface area contributed by atoms with Crippen LogP contribution in [-0.2, 0) is 17.6 Å². The number of hydrogen-bond donors (Lipinski definition) is 0. The van der Waals surface area contributed by atoms with Gasteiger partial charge in [0.25, 0.3) is 0 Å². The summed E-state index contributed by atoms with van der Waals surface area (Å²) < 4.78 is 5.36. The van der Waals surface area contributed by atoms with Crippen LogP contribution in [0.5, 0.6) is 5.75 Å². The van der Waals surface area contributed by atoms with Crippen molar-refractivity contribution in [3.05, 3.63) is 65.2 Å². The number of carbonyl (C=O) groups excluding carboxylic acids is 2. The highest BCUT2D eigenvalue weighted by molar-refractivity contribution is 5.97. The van der Waals surface area contributed by atoms with Gasteiger partial charge in [-0.25, -0.2) is 0 Å². The average Bonchev–Trinajstić information content (AvgIpc) is 2.80. The molecule has 0 spiro atoms. The van der Waals surface area contributed by atoms with Crippen LogP contribution in [0.4, 0.5) is 0 Å². The summed E-state index contributed by atoms with van der Waals surface area (Å²) in [6, 6.07) is 16.4. The molecule has 0 aromatic heterocycles. The van der Waals surface area contributed by atoms with Gasteiger partial charge in [0.05, 0.1) is 7.11 Å². The van der Waals surface area contributed by atoms with Crippen LogP contribution in [0.3, 0.4) is 0 Å². The Kier molecular flexibility index (Phi) is 27.2. The molecule has 0 unspecified atom stereocenters. The molecule has 0 aliphatic heterocycles. The molecular formula is C32H52B2O3. The van der Waals surface area contributed by atoms with Gasteiger partial charge in [-0.05, 0) is 48.8 Å². The Balaban J connectivity index is -0.000000233. The van der Waals surface area contributed by atoms with Crippen molar-refractivity contribution < 1.29 is 14.3 Å². The summed E-state index contributed by atoms with van der Waals surface area (Å²) in [5.41, 5.74) is 3.35. The van der Waals surface area contributed by atoms with Crippen LogP contribution in [0.1, 0.15) is 97.6 Å². The largest absolute Gasteiger partial charge is 0.496 e. The molecule has 0 N–H and O–H groups in total. The fraction of sp³-hybridized carbons (Fsp3) is 0.562. The Morgan fingerprint density at radius 2 is 1.19 bits per heavy atom. The molecular weight excluding hydrogens is 454 g/mol. The van der Waals surface area contributed by atoms with E-state index in [-0.39, 0.29) is 40.2 Å². The van der Waals surface area contributed by atoms with Gasteiger partial charge in [0.2, 0.25) is 0 Å². The zero-order chi connectivity index (χ0) is 27.6. The molecule has 2 rings (SSSR count). The highest BCUT2D eigenvalue weighted by Gasteiger charge is 2.13. The molecule has 2 aromatic carbocycles. The number of ketones is 2. The Hall–Kier alpha value is -2.29. The van der Waals surface area contributed by atoms with Crippen molar-refractivity contribution >= 4 is 28.4 Å². The van der Waals surface area contributed by atoms with E-state index in [4.69, 9.17) is 4.74 Å². The fourth-order valence-electron chi connectivity index (χ4n) is 2.93. The van der Waals surface area contributed by atoms with Gasteiger partial charge < -0.3 is 4.74 Å². The lowest BCUT2D eigenvalue weighted by Gasteiger charge is -2.13. The van der Waals surface area contributed by atoms with Gasteiger partial charge in [0.1, 0.15) is 11.5 Å². The van der Waals surface area contributed by atoms with Gasteiger partial charge >= 0.3 is 0 Å². The highest BCUT2D eigenvalue weighted by Crippen LogP contribution is 2.24. The molecule has 0 atom stereocenters. The van der Waals surface area contributed by atoms with Crippen LogP contribution in [0.2, 0.25) is 0 Å². The molecule has 3 nitrogen and oxygen atoms in total. The number of benzene rings is 2. The van der Waals surface area contributed by atoms with E-state index in [2.05, 4.69) is 58.0 Å². The lowest BCUT2D eigenvalue weighted by Crippen LogP contribution is -2.08. The molecule has 6 radical (unpaired) electrons. The molecule has 0 saturated carbocycles. The minimum atomic E-state index is 0. The summed E-state index contributed by atoms with van der Waals surface area (Å²) in [7, 11) is 1.66. The Morgan fingerprint density at radius 3 is 1.54 bits per heavy atom.